The number of aromatic nitrogens is 3. The smallest absolute Gasteiger partial charge is 0.245 e. The molecule has 3 rings (SSSR count). The molecule has 1 amide bonds. The molecule has 1 aliphatic carbocycles. The first-order valence-corrected chi connectivity index (χ1v) is 6.93. The summed E-state index contributed by atoms with van der Waals surface area (Å²) in [6.45, 7) is 3.66. The molecule has 6 nitrogen and oxygen atoms in total. The third-order valence-corrected chi connectivity index (χ3v) is 4.22. The minimum atomic E-state index is -0.189. The normalized spacial score (nSPS) is 23.4. The van der Waals surface area contributed by atoms with E-state index in [1.165, 1.54) is 19.3 Å². The van der Waals surface area contributed by atoms with Gasteiger partial charge in [-0.05, 0) is 19.8 Å². The fraction of sp³-hybridized carbons (Fsp3) is 0.769. The highest BCUT2D eigenvalue weighted by Gasteiger charge is 2.36. The highest BCUT2D eigenvalue weighted by molar-refractivity contribution is 5.81. The zero-order valence-corrected chi connectivity index (χ0v) is 11.5. The molecule has 2 heterocycles. The Balaban J connectivity index is 1.85. The molecule has 2 aliphatic rings. The number of carbonyl (C=O) groups is 1. The van der Waals surface area contributed by atoms with E-state index in [1.54, 1.807) is 7.11 Å². The van der Waals surface area contributed by atoms with Crippen LogP contribution in [0.1, 0.15) is 49.8 Å². The highest BCUT2D eigenvalue weighted by atomic mass is 16.5. The van der Waals surface area contributed by atoms with Crippen molar-refractivity contribution in [3.63, 3.8) is 0 Å². The van der Waals surface area contributed by atoms with E-state index >= 15 is 0 Å². The van der Waals surface area contributed by atoms with E-state index in [4.69, 9.17) is 4.74 Å². The molecule has 1 atom stereocenters. The van der Waals surface area contributed by atoms with Gasteiger partial charge in [0.05, 0.1) is 13.2 Å². The SMILES string of the molecule is COCCN1Cc2nnc(C3CCC3)n2[C@@H](C)C1=O. The fourth-order valence-corrected chi connectivity index (χ4v) is 2.83. The van der Waals surface area contributed by atoms with Gasteiger partial charge in [0.2, 0.25) is 5.91 Å². The van der Waals surface area contributed by atoms with Crippen LogP contribution in [0.2, 0.25) is 0 Å². The van der Waals surface area contributed by atoms with Crippen molar-refractivity contribution in [2.24, 2.45) is 0 Å². The van der Waals surface area contributed by atoms with E-state index in [1.807, 2.05) is 11.8 Å². The first-order valence-electron chi connectivity index (χ1n) is 6.93. The number of carbonyl (C=O) groups excluding carboxylic acids is 1. The second-order valence-corrected chi connectivity index (χ2v) is 5.40. The van der Waals surface area contributed by atoms with Gasteiger partial charge in [-0.15, -0.1) is 10.2 Å². The predicted molar refractivity (Wildman–Crippen MR) is 68.6 cm³/mol. The van der Waals surface area contributed by atoms with Crippen LogP contribution in [0.3, 0.4) is 0 Å². The van der Waals surface area contributed by atoms with E-state index in [9.17, 15) is 4.79 Å². The molecule has 104 valence electrons. The Morgan fingerprint density at radius 2 is 2.16 bits per heavy atom. The van der Waals surface area contributed by atoms with Crippen molar-refractivity contribution in [3.8, 4) is 0 Å². The zero-order chi connectivity index (χ0) is 13.4. The van der Waals surface area contributed by atoms with Gasteiger partial charge >= 0.3 is 0 Å². The number of nitrogens with zero attached hydrogens (tertiary/aromatic N) is 4. The van der Waals surface area contributed by atoms with Crippen LogP contribution in [0.25, 0.3) is 0 Å². The summed E-state index contributed by atoms with van der Waals surface area (Å²) in [6.07, 6.45) is 3.61. The fourth-order valence-electron chi connectivity index (χ4n) is 2.83. The van der Waals surface area contributed by atoms with E-state index in [2.05, 4.69) is 14.8 Å². The van der Waals surface area contributed by atoms with Crippen LogP contribution in [0.5, 0.6) is 0 Å². The van der Waals surface area contributed by atoms with Gasteiger partial charge in [0.25, 0.3) is 0 Å². The quantitative estimate of drug-likeness (QED) is 0.817. The molecule has 1 fully saturated rings. The predicted octanol–water partition coefficient (Wildman–Crippen LogP) is 1.10. The largest absolute Gasteiger partial charge is 0.383 e. The zero-order valence-electron chi connectivity index (χ0n) is 11.5. The summed E-state index contributed by atoms with van der Waals surface area (Å²) < 4.78 is 7.10. The van der Waals surface area contributed by atoms with Crippen molar-refractivity contribution in [2.75, 3.05) is 20.3 Å². The number of hydrogen-bond acceptors (Lipinski definition) is 4. The van der Waals surface area contributed by atoms with Crippen molar-refractivity contribution in [1.29, 1.82) is 0 Å². The monoisotopic (exact) mass is 264 g/mol. The molecule has 1 aromatic heterocycles. The molecule has 1 aromatic rings. The number of methoxy groups -OCH3 is 1. The van der Waals surface area contributed by atoms with Crippen LogP contribution in [-0.2, 0) is 16.1 Å². The van der Waals surface area contributed by atoms with Gasteiger partial charge in [0, 0.05) is 19.6 Å². The highest BCUT2D eigenvalue weighted by Crippen LogP contribution is 2.37. The second kappa shape index (κ2) is 4.92. The van der Waals surface area contributed by atoms with E-state index in [0.717, 1.165) is 11.6 Å². The molecule has 0 saturated heterocycles. The summed E-state index contributed by atoms with van der Waals surface area (Å²) in [5.74, 6) is 2.56. The van der Waals surface area contributed by atoms with Crippen molar-refractivity contribution in [1.82, 2.24) is 19.7 Å². The molecule has 0 bridgehead atoms. The lowest BCUT2D eigenvalue weighted by Gasteiger charge is -2.34. The Hall–Kier alpha value is -1.43. The maximum atomic E-state index is 12.4. The van der Waals surface area contributed by atoms with Crippen LogP contribution in [0.4, 0.5) is 0 Å². The molecular weight excluding hydrogens is 244 g/mol. The number of hydrogen-bond donors (Lipinski definition) is 0. The summed E-state index contributed by atoms with van der Waals surface area (Å²) >= 11 is 0. The summed E-state index contributed by atoms with van der Waals surface area (Å²) in [5.41, 5.74) is 0. The third kappa shape index (κ3) is 2.04. The molecule has 0 N–H and O–H groups in total. The molecule has 0 unspecified atom stereocenters. The van der Waals surface area contributed by atoms with Gasteiger partial charge in [-0.2, -0.15) is 0 Å². The van der Waals surface area contributed by atoms with Crippen molar-refractivity contribution >= 4 is 5.91 Å². The van der Waals surface area contributed by atoms with Gasteiger partial charge in [-0.1, -0.05) is 6.42 Å². The van der Waals surface area contributed by atoms with E-state index in [0.29, 0.717) is 25.6 Å². The van der Waals surface area contributed by atoms with E-state index < -0.39 is 0 Å². The summed E-state index contributed by atoms with van der Waals surface area (Å²) in [4.78, 5) is 14.2. The lowest BCUT2D eigenvalue weighted by Crippen LogP contribution is -2.43. The number of ether oxygens (including phenoxy) is 1. The molecule has 0 aromatic carbocycles. The molecule has 19 heavy (non-hydrogen) atoms. The maximum absolute atomic E-state index is 12.4. The van der Waals surface area contributed by atoms with Gasteiger partial charge in [-0.3, -0.25) is 4.79 Å². The van der Waals surface area contributed by atoms with Crippen LogP contribution in [0, 0.1) is 0 Å². The van der Waals surface area contributed by atoms with Gasteiger partial charge in [-0.25, -0.2) is 0 Å². The van der Waals surface area contributed by atoms with Crippen LogP contribution >= 0.6 is 0 Å². The maximum Gasteiger partial charge on any atom is 0.245 e. The van der Waals surface area contributed by atoms with E-state index in [-0.39, 0.29) is 11.9 Å². The number of rotatable bonds is 4. The van der Waals surface area contributed by atoms with Crippen LogP contribution in [0.15, 0.2) is 0 Å². The Kier molecular flexibility index (Phi) is 3.26. The standard InChI is InChI=1S/C13H20N4O2/c1-9-13(18)16(6-7-19-2)8-11-14-15-12(17(9)11)10-4-3-5-10/h9-10H,3-8H2,1-2H3/t9-/m0/s1. The average Bonchev–Trinajstić information content (AvgIpc) is 2.74. The number of amides is 1. The molecule has 1 saturated carbocycles. The van der Waals surface area contributed by atoms with Gasteiger partial charge < -0.3 is 14.2 Å². The molecule has 0 radical (unpaired) electrons. The summed E-state index contributed by atoms with van der Waals surface area (Å²) in [6, 6.07) is -0.189. The van der Waals surface area contributed by atoms with Gasteiger partial charge in [0.1, 0.15) is 11.9 Å². The third-order valence-electron chi connectivity index (χ3n) is 4.22. The summed E-state index contributed by atoms with van der Waals surface area (Å²) in [7, 11) is 1.65. The Morgan fingerprint density at radius 3 is 2.79 bits per heavy atom. The molecule has 6 heteroatoms. The first-order chi connectivity index (χ1) is 9.22. The molecule has 0 spiro atoms. The van der Waals surface area contributed by atoms with Crippen molar-refractivity contribution < 1.29 is 9.53 Å². The molecule has 1 aliphatic heterocycles. The Labute approximate surface area is 112 Å². The lowest BCUT2D eigenvalue weighted by molar-refractivity contribution is -0.137. The minimum Gasteiger partial charge on any atom is -0.383 e. The van der Waals surface area contributed by atoms with Crippen LogP contribution < -0.4 is 0 Å². The topological polar surface area (TPSA) is 60.2 Å². The first kappa shape index (κ1) is 12.6. The minimum absolute atomic E-state index is 0.143. The molecular formula is C13H20N4O2. The van der Waals surface area contributed by atoms with Crippen LogP contribution in [-0.4, -0.2) is 45.8 Å². The Morgan fingerprint density at radius 1 is 1.37 bits per heavy atom. The Bertz CT molecular complexity index is 481. The average molecular weight is 264 g/mol. The second-order valence-electron chi connectivity index (χ2n) is 5.40. The van der Waals surface area contributed by atoms with Crippen molar-refractivity contribution in [3.05, 3.63) is 11.6 Å². The van der Waals surface area contributed by atoms with Gasteiger partial charge in [0.15, 0.2) is 5.82 Å². The van der Waals surface area contributed by atoms with Crippen molar-refractivity contribution in [2.45, 2.75) is 44.7 Å². The number of fused-ring (bicyclic) bond motifs is 1. The lowest BCUT2D eigenvalue weighted by atomic mass is 9.84. The summed E-state index contributed by atoms with van der Waals surface area (Å²) in [5, 5.41) is 8.60.